The maximum Gasteiger partial charge on any atom is 0.339 e. The Morgan fingerprint density at radius 2 is 1.79 bits per heavy atom. The molecule has 1 saturated heterocycles. The lowest BCUT2D eigenvalue weighted by Gasteiger charge is -2.26. The van der Waals surface area contributed by atoms with Crippen LogP contribution >= 0.6 is 0 Å². The molecule has 0 spiro atoms. The van der Waals surface area contributed by atoms with Gasteiger partial charge in [-0.2, -0.15) is 0 Å². The van der Waals surface area contributed by atoms with Crippen molar-refractivity contribution >= 4 is 16.9 Å². The molecule has 2 heterocycles. The first-order valence-corrected chi connectivity index (χ1v) is 11.7. The molecule has 0 radical (unpaired) electrons. The molecule has 0 aliphatic carbocycles. The van der Waals surface area contributed by atoms with Crippen LogP contribution in [0.1, 0.15) is 47.9 Å². The van der Waals surface area contributed by atoms with Gasteiger partial charge in [0.2, 0.25) is 5.91 Å². The van der Waals surface area contributed by atoms with Gasteiger partial charge in [-0.15, -0.1) is 0 Å². The highest BCUT2D eigenvalue weighted by molar-refractivity contribution is 5.82. The molecule has 3 aromatic rings. The lowest BCUT2D eigenvalue weighted by Crippen LogP contribution is -2.29. The van der Waals surface area contributed by atoms with E-state index in [4.69, 9.17) is 9.15 Å². The molecule has 0 bridgehead atoms. The number of carbonyl (C=O) groups excluding carboxylic acids is 1. The summed E-state index contributed by atoms with van der Waals surface area (Å²) in [5, 5.41) is 3.82. The maximum absolute atomic E-state index is 12.5. The average molecular weight is 449 g/mol. The number of piperidine rings is 1. The first-order valence-electron chi connectivity index (χ1n) is 11.7. The monoisotopic (exact) mass is 448 g/mol. The van der Waals surface area contributed by atoms with Crippen molar-refractivity contribution in [1.29, 1.82) is 0 Å². The standard InChI is InChI=1S/C27H32N2O4/c1-19-23-11-10-22(32-2)16-25(23)33-27(31)24(19)12-13-26(30)28-17-20-6-8-21(9-7-20)18-29-14-4-3-5-15-29/h6-11,16H,3-5,12-15,17-18H2,1-2H3,(H,28,30). The van der Waals surface area contributed by atoms with Gasteiger partial charge in [-0.05, 0) is 68.1 Å². The lowest BCUT2D eigenvalue weighted by atomic mass is 10.0. The van der Waals surface area contributed by atoms with Crippen LogP contribution in [0.4, 0.5) is 0 Å². The second-order valence-corrected chi connectivity index (χ2v) is 8.79. The van der Waals surface area contributed by atoms with E-state index in [0.717, 1.165) is 23.1 Å². The molecule has 6 heteroatoms. The van der Waals surface area contributed by atoms with Crippen LogP contribution in [0.3, 0.4) is 0 Å². The molecule has 174 valence electrons. The minimum Gasteiger partial charge on any atom is -0.497 e. The number of rotatable bonds is 8. The summed E-state index contributed by atoms with van der Waals surface area (Å²) in [6.45, 7) is 5.73. The van der Waals surface area contributed by atoms with E-state index in [9.17, 15) is 9.59 Å². The quantitative estimate of drug-likeness (QED) is 0.519. The van der Waals surface area contributed by atoms with Gasteiger partial charge in [-0.1, -0.05) is 30.7 Å². The smallest absolute Gasteiger partial charge is 0.339 e. The summed E-state index contributed by atoms with van der Waals surface area (Å²) in [5.41, 5.74) is 3.87. The topological polar surface area (TPSA) is 71.8 Å². The summed E-state index contributed by atoms with van der Waals surface area (Å²) < 4.78 is 10.7. The Morgan fingerprint density at radius 3 is 2.52 bits per heavy atom. The number of amides is 1. The van der Waals surface area contributed by atoms with Gasteiger partial charge in [0, 0.05) is 36.5 Å². The molecule has 0 saturated carbocycles. The van der Waals surface area contributed by atoms with Crippen molar-refractivity contribution in [1.82, 2.24) is 10.2 Å². The first kappa shape index (κ1) is 23.1. The molecule has 1 amide bonds. The molecule has 2 aromatic carbocycles. The highest BCUT2D eigenvalue weighted by Crippen LogP contribution is 2.24. The zero-order chi connectivity index (χ0) is 23.2. The van der Waals surface area contributed by atoms with Gasteiger partial charge in [0.1, 0.15) is 11.3 Å². The summed E-state index contributed by atoms with van der Waals surface area (Å²) in [6.07, 6.45) is 4.51. The minimum atomic E-state index is -0.398. The lowest BCUT2D eigenvalue weighted by molar-refractivity contribution is -0.121. The van der Waals surface area contributed by atoms with Crippen molar-refractivity contribution < 1.29 is 13.9 Å². The number of fused-ring (bicyclic) bond motifs is 1. The number of hydrogen-bond acceptors (Lipinski definition) is 5. The third-order valence-corrected chi connectivity index (χ3v) is 6.46. The summed E-state index contributed by atoms with van der Waals surface area (Å²) in [4.78, 5) is 27.4. The predicted octanol–water partition coefficient (Wildman–Crippen LogP) is 4.34. The Hall–Kier alpha value is -3.12. The fourth-order valence-electron chi connectivity index (χ4n) is 4.46. The Morgan fingerprint density at radius 1 is 1.06 bits per heavy atom. The van der Waals surface area contributed by atoms with E-state index in [0.29, 0.717) is 29.9 Å². The molecule has 1 aliphatic rings. The number of hydrogen-bond donors (Lipinski definition) is 1. The molecule has 1 aliphatic heterocycles. The van der Waals surface area contributed by atoms with Gasteiger partial charge in [-0.3, -0.25) is 9.69 Å². The highest BCUT2D eigenvalue weighted by Gasteiger charge is 2.14. The van der Waals surface area contributed by atoms with Crippen LogP contribution in [0.15, 0.2) is 51.7 Å². The van der Waals surface area contributed by atoms with Crippen LogP contribution in [0.2, 0.25) is 0 Å². The van der Waals surface area contributed by atoms with Crippen molar-refractivity contribution in [3.63, 3.8) is 0 Å². The fraction of sp³-hybridized carbons (Fsp3) is 0.407. The Labute approximate surface area is 194 Å². The molecular formula is C27H32N2O4. The largest absolute Gasteiger partial charge is 0.497 e. The van der Waals surface area contributed by atoms with Crippen LogP contribution in [0, 0.1) is 6.92 Å². The van der Waals surface area contributed by atoms with Crippen molar-refractivity contribution in [2.24, 2.45) is 0 Å². The number of carbonyl (C=O) groups is 1. The Kier molecular flexibility index (Phi) is 7.45. The zero-order valence-electron chi connectivity index (χ0n) is 19.5. The van der Waals surface area contributed by atoms with E-state index in [2.05, 4.69) is 34.5 Å². The first-order chi connectivity index (χ1) is 16.0. The number of benzene rings is 2. The number of methoxy groups -OCH3 is 1. The third kappa shape index (κ3) is 5.82. The van der Waals surface area contributed by atoms with Crippen LogP contribution < -0.4 is 15.7 Å². The second-order valence-electron chi connectivity index (χ2n) is 8.79. The summed E-state index contributed by atoms with van der Waals surface area (Å²) in [5.74, 6) is 0.553. The molecule has 33 heavy (non-hydrogen) atoms. The van der Waals surface area contributed by atoms with E-state index in [1.54, 1.807) is 13.2 Å². The molecular weight excluding hydrogens is 416 g/mol. The summed E-state index contributed by atoms with van der Waals surface area (Å²) in [6, 6.07) is 13.9. The van der Waals surface area contributed by atoms with E-state index in [-0.39, 0.29) is 12.3 Å². The third-order valence-electron chi connectivity index (χ3n) is 6.46. The normalized spacial score (nSPS) is 14.4. The van der Waals surface area contributed by atoms with Crippen LogP contribution in [0.25, 0.3) is 11.0 Å². The van der Waals surface area contributed by atoms with Crippen LogP contribution in [-0.2, 0) is 24.3 Å². The molecule has 0 atom stereocenters. The number of likely N-dealkylation sites (tertiary alicyclic amines) is 1. The molecule has 4 rings (SSSR count). The zero-order valence-corrected chi connectivity index (χ0v) is 19.5. The summed E-state index contributed by atoms with van der Waals surface area (Å²) in [7, 11) is 1.57. The molecule has 0 unspecified atom stereocenters. The van der Waals surface area contributed by atoms with Gasteiger partial charge in [-0.25, -0.2) is 4.79 Å². The maximum atomic E-state index is 12.5. The van der Waals surface area contributed by atoms with Crippen molar-refractivity contribution in [3.8, 4) is 5.75 Å². The van der Waals surface area contributed by atoms with Gasteiger partial charge in [0.15, 0.2) is 0 Å². The van der Waals surface area contributed by atoms with E-state index in [1.165, 1.54) is 37.9 Å². The van der Waals surface area contributed by atoms with Gasteiger partial charge in [0.25, 0.3) is 0 Å². The van der Waals surface area contributed by atoms with Crippen LogP contribution in [0.5, 0.6) is 5.75 Å². The second kappa shape index (κ2) is 10.7. The fourth-order valence-corrected chi connectivity index (χ4v) is 4.46. The van der Waals surface area contributed by atoms with E-state index >= 15 is 0 Å². The molecule has 1 N–H and O–H groups in total. The van der Waals surface area contributed by atoms with E-state index < -0.39 is 5.63 Å². The molecule has 1 fully saturated rings. The van der Waals surface area contributed by atoms with Crippen molar-refractivity contribution in [2.45, 2.75) is 52.1 Å². The van der Waals surface area contributed by atoms with E-state index in [1.807, 2.05) is 19.1 Å². The minimum absolute atomic E-state index is 0.0824. The predicted molar refractivity (Wildman–Crippen MR) is 130 cm³/mol. The van der Waals surface area contributed by atoms with Crippen LogP contribution in [-0.4, -0.2) is 31.0 Å². The summed E-state index contributed by atoms with van der Waals surface area (Å²) >= 11 is 0. The number of ether oxygens (including phenoxy) is 1. The molecule has 6 nitrogen and oxygen atoms in total. The van der Waals surface area contributed by atoms with Crippen molar-refractivity contribution in [2.75, 3.05) is 20.2 Å². The van der Waals surface area contributed by atoms with Gasteiger partial charge in [0.05, 0.1) is 7.11 Å². The van der Waals surface area contributed by atoms with Gasteiger partial charge >= 0.3 is 5.63 Å². The number of nitrogens with zero attached hydrogens (tertiary/aromatic N) is 1. The number of aryl methyl sites for hydroxylation is 1. The molecule has 1 aromatic heterocycles. The Balaban J connectivity index is 1.30. The highest BCUT2D eigenvalue weighted by atomic mass is 16.5. The number of nitrogens with one attached hydrogen (secondary N) is 1. The van der Waals surface area contributed by atoms with Gasteiger partial charge < -0.3 is 14.5 Å². The van der Waals surface area contributed by atoms with Crippen molar-refractivity contribution in [3.05, 3.63) is 75.1 Å². The SMILES string of the molecule is COc1ccc2c(C)c(CCC(=O)NCc3ccc(CN4CCCCC4)cc3)c(=O)oc2c1. The average Bonchev–Trinajstić information content (AvgIpc) is 2.83. The Bertz CT molecular complexity index is 1160.